The number of para-hydroxylation sites is 1. The lowest BCUT2D eigenvalue weighted by molar-refractivity contribution is -0.116. The van der Waals surface area contributed by atoms with Crippen LogP contribution in [0.4, 0.5) is 5.82 Å². The van der Waals surface area contributed by atoms with Crippen molar-refractivity contribution >= 4 is 35.1 Å². The number of hydrogen-bond acceptors (Lipinski definition) is 5. The smallest absolute Gasteiger partial charge is 0.257 e. The number of carbonyl (C=O) groups is 1. The second-order valence-corrected chi connectivity index (χ2v) is 8.00. The summed E-state index contributed by atoms with van der Waals surface area (Å²) in [5, 5.41) is 3.83. The number of benzene rings is 2. The van der Waals surface area contributed by atoms with Crippen LogP contribution in [-0.4, -0.2) is 23.0 Å². The van der Waals surface area contributed by atoms with E-state index in [0.717, 1.165) is 11.1 Å². The van der Waals surface area contributed by atoms with Crippen molar-refractivity contribution in [1.29, 1.82) is 0 Å². The van der Waals surface area contributed by atoms with Crippen molar-refractivity contribution in [1.82, 2.24) is 9.97 Å². The van der Waals surface area contributed by atoms with Gasteiger partial charge in [0, 0.05) is 28.7 Å². The highest BCUT2D eigenvalue weighted by Crippen LogP contribution is 2.38. The van der Waals surface area contributed by atoms with Crippen LogP contribution in [0.1, 0.15) is 29.0 Å². The Morgan fingerprint density at radius 1 is 1.21 bits per heavy atom. The molecule has 0 saturated carbocycles. The quantitative estimate of drug-likeness (QED) is 0.471. The van der Waals surface area contributed by atoms with E-state index in [0.29, 0.717) is 33.1 Å². The molecule has 4 rings (SSSR count). The van der Waals surface area contributed by atoms with Gasteiger partial charge in [0.1, 0.15) is 11.6 Å². The Kier molecular flexibility index (Phi) is 5.60. The van der Waals surface area contributed by atoms with Gasteiger partial charge in [0.25, 0.3) is 5.56 Å². The minimum atomic E-state index is -0.418. The lowest BCUT2D eigenvalue weighted by Crippen LogP contribution is -2.31. The summed E-state index contributed by atoms with van der Waals surface area (Å²) in [4.78, 5) is 32.6. The summed E-state index contributed by atoms with van der Waals surface area (Å²) in [6.07, 6.45) is 0.160. The lowest BCUT2D eigenvalue weighted by atomic mass is 9.86. The number of aromatic nitrogens is 2. The topological polar surface area (TPSA) is 84.1 Å². The Labute approximate surface area is 176 Å². The first-order valence-corrected chi connectivity index (χ1v) is 10.4. The highest BCUT2D eigenvalue weighted by molar-refractivity contribution is 7.98. The van der Waals surface area contributed by atoms with Crippen LogP contribution in [0.5, 0.6) is 5.75 Å². The molecule has 1 aliphatic rings. The molecule has 0 spiro atoms. The van der Waals surface area contributed by atoms with Gasteiger partial charge in [-0.05, 0) is 23.8 Å². The summed E-state index contributed by atoms with van der Waals surface area (Å²) < 4.78 is 5.43. The van der Waals surface area contributed by atoms with E-state index in [9.17, 15) is 9.59 Å². The fraction of sp³-hybridized carbons (Fsp3) is 0.190. The Morgan fingerprint density at radius 2 is 2.03 bits per heavy atom. The van der Waals surface area contributed by atoms with E-state index in [1.807, 2.05) is 48.5 Å². The predicted octanol–water partition coefficient (Wildman–Crippen LogP) is 4.20. The number of nitrogens with one attached hydrogen (secondary N) is 2. The summed E-state index contributed by atoms with van der Waals surface area (Å²) in [6, 6.07) is 14.9. The fourth-order valence-corrected chi connectivity index (χ4v) is 4.43. The highest BCUT2D eigenvalue weighted by atomic mass is 35.5. The van der Waals surface area contributed by atoms with Gasteiger partial charge in [-0.1, -0.05) is 53.7 Å². The van der Waals surface area contributed by atoms with Gasteiger partial charge in [0.15, 0.2) is 5.16 Å². The maximum Gasteiger partial charge on any atom is 0.257 e. The van der Waals surface area contributed by atoms with Crippen molar-refractivity contribution in [2.45, 2.75) is 23.2 Å². The Bertz CT molecular complexity index is 1130. The van der Waals surface area contributed by atoms with E-state index < -0.39 is 5.92 Å². The minimum absolute atomic E-state index is 0.160. The minimum Gasteiger partial charge on any atom is -0.496 e. The molecule has 0 aliphatic carbocycles. The first-order chi connectivity index (χ1) is 14.0. The van der Waals surface area contributed by atoms with E-state index in [1.165, 1.54) is 11.8 Å². The van der Waals surface area contributed by atoms with Gasteiger partial charge in [-0.3, -0.25) is 9.59 Å². The van der Waals surface area contributed by atoms with Crippen molar-refractivity contribution in [2.75, 3.05) is 12.4 Å². The molecule has 1 atom stereocenters. The first kappa shape index (κ1) is 19.5. The first-order valence-electron chi connectivity index (χ1n) is 8.99. The van der Waals surface area contributed by atoms with E-state index in [4.69, 9.17) is 16.3 Å². The predicted molar refractivity (Wildman–Crippen MR) is 114 cm³/mol. The number of nitrogens with zero attached hydrogens (tertiary/aromatic N) is 1. The van der Waals surface area contributed by atoms with Crippen LogP contribution >= 0.6 is 23.4 Å². The standard InChI is InChI=1S/C21H18ClN3O3S/c1-28-16-8-3-2-7-14(16)15-10-17(26)23-19-18(15)20(27)25-21(24-19)29-11-12-5-4-6-13(22)9-12/h2-9,15H,10-11H2,1H3,(H2,23,24,25,26,27). The number of ether oxygens (including phenoxy) is 1. The zero-order chi connectivity index (χ0) is 20.4. The van der Waals surface area contributed by atoms with E-state index >= 15 is 0 Å². The Balaban J connectivity index is 1.68. The number of amides is 1. The average Bonchev–Trinajstić information content (AvgIpc) is 2.71. The number of hydrogen-bond donors (Lipinski definition) is 2. The summed E-state index contributed by atoms with van der Waals surface area (Å²) in [6.45, 7) is 0. The number of anilines is 1. The zero-order valence-corrected chi connectivity index (χ0v) is 17.1. The molecule has 148 valence electrons. The number of fused-ring (bicyclic) bond motifs is 1. The summed E-state index contributed by atoms with van der Waals surface area (Å²) in [5.74, 6) is 0.925. The molecule has 0 saturated heterocycles. The molecule has 1 amide bonds. The van der Waals surface area contributed by atoms with E-state index in [2.05, 4.69) is 15.3 Å². The summed E-state index contributed by atoms with van der Waals surface area (Å²) in [5.41, 5.74) is 1.98. The summed E-state index contributed by atoms with van der Waals surface area (Å²) in [7, 11) is 1.57. The van der Waals surface area contributed by atoms with Gasteiger partial charge in [-0.25, -0.2) is 4.98 Å². The highest BCUT2D eigenvalue weighted by Gasteiger charge is 2.32. The molecule has 1 aliphatic heterocycles. The maximum absolute atomic E-state index is 12.9. The molecular formula is C21H18ClN3O3S. The van der Waals surface area contributed by atoms with Crippen LogP contribution in [0.25, 0.3) is 0 Å². The van der Waals surface area contributed by atoms with Crippen LogP contribution in [0.2, 0.25) is 5.02 Å². The van der Waals surface area contributed by atoms with E-state index in [-0.39, 0.29) is 17.9 Å². The largest absolute Gasteiger partial charge is 0.496 e. The number of H-pyrrole nitrogens is 1. The monoisotopic (exact) mass is 427 g/mol. The molecule has 29 heavy (non-hydrogen) atoms. The molecule has 3 aromatic rings. The molecule has 2 N–H and O–H groups in total. The van der Waals surface area contributed by atoms with E-state index in [1.54, 1.807) is 7.11 Å². The second-order valence-electron chi connectivity index (χ2n) is 6.60. The van der Waals surface area contributed by atoms with Gasteiger partial charge in [0.2, 0.25) is 5.91 Å². The van der Waals surface area contributed by atoms with Crippen molar-refractivity contribution in [3.63, 3.8) is 0 Å². The molecule has 1 aromatic heterocycles. The van der Waals surface area contributed by atoms with Crippen molar-refractivity contribution in [3.8, 4) is 5.75 Å². The summed E-state index contributed by atoms with van der Waals surface area (Å²) >= 11 is 7.40. The van der Waals surface area contributed by atoms with Crippen LogP contribution < -0.4 is 15.6 Å². The molecule has 0 fully saturated rings. The molecular weight excluding hydrogens is 410 g/mol. The zero-order valence-electron chi connectivity index (χ0n) is 15.6. The lowest BCUT2D eigenvalue weighted by Gasteiger charge is -2.25. The number of carbonyl (C=O) groups excluding carboxylic acids is 1. The number of methoxy groups -OCH3 is 1. The molecule has 2 aromatic carbocycles. The number of halogens is 1. The normalized spacial score (nSPS) is 15.5. The van der Waals surface area contributed by atoms with Crippen LogP contribution in [0, 0.1) is 0 Å². The van der Waals surface area contributed by atoms with Gasteiger partial charge in [-0.2, -0.15) is 0 Å². The van der Waals surface area contributed by atoms with Crippen molar-refractivity contribution in [3.05, 3.63) is 80.6 Å². The van der Waals surface area contributed by atoms with Crippen LogP contribution in [-0.2, 0) is 10.5 Å². The van der Waals surface area contributed by atoms with Crippen molar-refractivity contribution < 1.29 is 9.53 Å². The molecule has 0 bridgehead atoms. The SMILES string of the molecule is COc1ccccc1C1CC(=O)Nc2nc(SCc3cccc(Cl)c3)[nH]c(=O)c21. The molecule has 2 heterocycles. The van der Waals surface area contributed by atoms with Crippen molar-refractivity contribution in [2.24, 2.45) is 0 Å². The third-order valence-corrected chi connectivity index (χ3v) is 5.89. The van der Waals surface area contributed by atoms with Gasteiger partial charge < -0.3 is 15.0 Å². The molecule has 1 unspecified atom stereocenters. The average molecular weight is 428 g/mol. The molecule has 6 nitrogen and oxygen atoms in total. The third kappa shape index (κ3) is 4.16. The Hall–Kier alpha value is -2.77. The van der Waals surface area contributed by atoms with Gasteiger partial charge in [-0.15, -0.1) is 0 Å². The number of thioether (sulfide) groups is 1. The number of aromatic amines is 1. The second kappa shape index (κ2) is 8.31. The van der Waals surface area contributed by atoms with Gasteiger partial charge in [0.05, 0.1) is 12.7 Å². The third-order valence-electron chi connectivity index (χ3n) is 4.71. The number of rotatable bonds is 5. The molecule has 0 radical (unpaired) electrons. The van der Waals surface area contributed by atoms with Crippen LogP contribution in [0.3, 0.4) is 0 Å². The van der Waals surface area contributed by atoms with Crippen LogP contribution in [0.15, 0.2) is 58.5 Å². The van der Waals surface area contributed by atoms with Gasteiger partial charge >= 0.3 is 0 Å². The maximum atomic E-state index is 12.9. The Morgan fingerprint density at radius 3 is 2.83 bits per heavy atom. The fourth-order valence-electron chi connectivity index (χ4n) is 3.42. The molecule has 8 heteroatoms.